The van der Waals surface area contributed by atoms with E-state index in [1.165, 1.54) is 11.3 Å². The number of hydrogen-bond acceptors (Lipinski definition) is 2. The quantitative estimate of drug-likeness (QED) is 0.895. The Kier molecular flexibility index (Phi) is 3.22. The van der Waals surface area contributed by atoms with Crippen LogP contribution in [0.1, 0.15) is 40.0 Å². The lowest BCUT2D eigenvalue weighted by Crippen LogP contribution is -2.15. The van der Waals surface area contributed by atoms with Gasteiger partial charge in [-0.2, -0.15) is 0 Å². The molecule has 1 aliphatic rings. The first-order valence-electron chi connectivity index (χ1n) is 7.02. The predicted molar refractivity (Wildman–Crippen MR) is 79.5 cm³/mol. The highest BCUT2D eigenvalue weighted by molar-refractivity contribution is 5.99. The largest absolute Gasteiger partial charge is 0.384 e. The molecule has 1 aliphatic carbocycles. The molecule has 3 rings (SSSR count). The van der Waals surface area contributed by atoms with Crippen LogP contribution in [0, 0.1) is 0 Å². The van der Waals surface area contributed by atoms with E-state index in [1.54, 1.807) is 0 Å². The van der Waals surface area contributed by atoms with Crippen molar-refractivity contribution in [3.05, 3.63) is 52.7 Å². The van der Waals surface area contributed by atoms with Gasteiger partial charge in [0.25, 0.3) is 5.91 Å². The molecule has 4 nitrogen and oxygen atoms in total. The zero-order valence-corrected chi connectivity index (χ0v) is 11.4. The second-order valence-electron chi connectivity index (χ2n) is 5.33. The van der Waals surface area contributed by atoms with Gasteiger partial charge in [-0.25, -0.2) is 0 Å². The fraction of sp³-hybridized carbons (Fsp3) is 0.312. The van der Waals surface area contributed by atoms with Crippen LogP contribution in [0.5, 0.6) is 0 Å². The number of nitrogen functional groups attached to an aromatic ring is 1. The first-order valence-corrected chi connectivity index (χ1v) is 7.02. The average molecular weight is 269 g/mol. The summed E-state index contributed by atoms with van der Waals surface area (Å²) in [5, 5.41) is 0. The summed E-state index contributed by atoms with van der Waals surface area (Å²) in [6, 6.07) is 10.1. The van der Waals surface area contributed by atoms with Crippen molar-refractivity contribution >= 4 is 11.7 Å². The molecule has 0 bridgehead atoms. The topological polar surface area (TPSA) is 74.0 Å². The van der Waals surface area contributed by atoms with Crippen molar-refractivity contribution in [2.75, 3.05) is 5.73 Å². The van der Waals surface area contributed by atoms with E-state index in [9.17, 15) is 4.79 Å². The van der Waals surface area contributed by atoms with E-state index < -0.39 is 5.91 Å². The van der Waals surface area contributed by atoms with Crippen molar-refractivity contribution in [1.29, 1.82) is 0 Å². The van der Waals surface area contributed by atoms with Gasteiger partial charge in [0.1, 0.15) is 5.82 Å². The summed E-state index contributed by atoms with van der Waals surface area (Å²) in [5.74, 6) is 0.112. The molecule has 1 amide bonds. The maximum Gasteiger partial charge on any atom is 0.252 e. The third-order valence-corrected chi connectivity index (χ3v) is 4.04. The van der Waals surface area contributed by atoms with E-state index in [-0.39, 0.29) is 0 Å². The molecule has 4 heteroatoms. The molecule has 1 heterocycles. The lowest BCUT2D eigenvalue weighted by atomic mass is 9.94. The van der Waals surface area contributed by atoms with Crippen LogP contribution >= 0.6 is 0 Å². The zero-order chi connectivity index (χ0) is 14.1. The smallest absolute Gasteiger partial charge is 0.252 e. The minimum absolute atomic E-state index is 0.410. The number of hydrogen-bond donors (Lipinski definition) is 2. The van der Waals surface area contributed by atoms with Gasteiger partial charge >= 0.3 is 0 Å². The van der Waals surface area contributed by atoms with Gasteiger partial charge in [-0.15, -0.1) is 0 Å². The summed E-state index contributed by atoms with van der Waals surface area (Å²) in [6.07, 6.45) is 4.12. The fourth-order valence-electron chi connectivity index (χ4n) is 3.11. The number of rotatable bonds is 3. The number of fused-ring (bicyclic) bond motifs is 1. The van der Waals surface area contributed by atoms with E-state index in [1.807, 2.05) is 18.2 Å². The van der Waals surface area contributed by atoms with Crippen LogP contribution in [-0.2, 0) is 19.4 Å². The Labute approximate surface area is 118 Å². The summed E-state index contributed by atoms with van der Waals surface area (Å²) < 4.78 is 2.06. The van der Waals surface area contributed by atoms with Gasteiger partial charge in [0.15, 0.2) is 0 Å². The van der Waals surface area contributed by atoms with E-state index in [0.717, 1.165) is 31.2 Å². The Balaban J connectivity index is 2.08. The molecule has 0 atom stereocenters. The molecule has 0 saturated carbocycles. The summed E-state index contributed by atoms with van der Waals surface area (Å²) in [4.78, 5) is 11.7. The lowest BCUT2D eigenvalue weighted by Gasteiger charge is -2.16. The minimum atomic E-state index is -0.410. The van der Waals surface area contributed by atoms with Crippen molar-refractivity contribution in [2.24, 2.45) is 5.73 Å². The summed E-state index contributed by atoms with van der Waals surface area (Å²) in [6.45, 7) is 0.697. The third kappa shape index (κ3) is 2.07. The zero-order valence-electron chi connectivity index (χ0n) is 11.4. The molecular formula is C16H19N3O. The highest BCUT2D eigenvalue weighted by atomic mass is 16.1. The molecule has 4 N–H and O–H groups in total. The average Bonchev–Trinajstić information content (AvgIpc) is 2.73. The van der Waals surface area contributed by atoms with Gasteiger partial charge in [-0.05, 0) is 36.8 Å². The molecule has 0 fully saturated rings. The number of anilines is 1. The number of aromatic nitrogens is 1. The molecule has 104 valence electrons. The Bertz CT molecular complexity index is 643. The van der Waals surface area contributed by atoms with Crippen LogP contribution in [0.15, 0.2) is 30.3 Å². The molecule has 0 radical (unpaired) electrons. The number of benzene rings is 1. The Morgan fingerprint density at radius 3 is 2.55 bits per heavy atom. The first kappa shape index (κ1) is 12.8. The Morgan fingerprint density at radius 2 is 1.85 bits per heavy atom. The van der Waals surface area contributed by atoms with Crippen molar-refractivity contribution in [3.8, 4) is 0 Å². The van der Waals surface area contributed by atoms with Crippen molar-refractivity contribution in [3.63, 3.8) is 0 Å². The molecule has 0 unspecified atom stereocenters. The number of carbonyl (C=O) groups excluding carboxylic acids is 1. The van der Waals surface area contributed by atoms with E-state index in [4.69, 9.17) is 11.5 Å². The lowest BCUT2D eigenvalue weighted by molar-refractivity contribution is 0.1000. The van der Waals surface area contributed by atoms with Crippen LogP contribution in [0.4, 0.5) is 5.82 Å². The van der Waals surface area contributed by atoms with E-state index in [0.29, 0.717) is 17.9 Å². The standard InChI is InChI=1S/C16H19N3O/c17-15-14(16(18)20)12-8-4-5-9-13(12)19(15)10-11-6-2-1-3-7-11/h1-3,6-7H,4-5,8-10,17H2,(H2,18,20). The summed E-state index contributed by atoms with van der Waals surface area (Å²) in [7, 11) is 0. The van der Waals surface area contributed by atoms with Gasteiger partial charge in [0.05, 0.1) is 5.56 Å². The molecule has 0 saturated heterocycles. The van der Waals surface area contributed by atoms with Gasteiger partial charge < -0.3 is 16.0 Å². The fourth-order valence-corrected chi connectivity index (χ4v) is 3.11. The van der Waals surface area contributed by atoms with Crippen molar-refractivity contribution in [1.82, 2.24) is 4.57 Å². The third-order valence-electron chi connectivity index (χ3n) is 4.04. The minimum Gasteiger partial charge on any atom is -0.384 e. The normalized spacial score (nSPS) is 14.0. The molecule has 0 spiro atoms. The number of carbonyl (C=O) groups is 1. The van der Waals surface area contributed by atoms with Gasteiger partial charge in [-0.1, -0.05) is 30.3 Å². The van der Waals surface area contributed by atoms with E-state index in [2.05, 4.69) is 16.7 Å². The van der Waals surface area contributed by atoms with Gasteiger partial charge in [0.2, 0.25) is 0 Å². The summed E-state index contributed by atoms with van der Waals surface area (Å²) in [5.41, 5.74) is 15.7. The number of primary amides is 1. The molecule has 1 aromatic heterocycles. The molecular weight excluding hydrogens is 250 g/mol. The van der Waals surface area contributed by atoms with Gasteiger partial charge in [-0.3, -0.25) is 4.79 Å². The highest BCUT2D eigenvalue weighted by Gasteiger charge is 2.25. The maximum absolute atomic E-state index is 11.7. The second kappa shape index (κ2) is 5.04. The van der Waals surface area contributed by atoms with Gasteiger partial charge in [0, 0.05) is 12.2 Å². The number of nitrogens with zero attached hydrogens (tertiary/aromatic N) is 1. The molecule has 1 aromatic carbocycles. The first-order chi connectivity index (χ1) is 9.68. The van der Waals surface area contributed by atoms with Crippen LogP contribution in [0.25, 0.3) is 0 Å². The van der Waals surface area contributed by atoms with Crippen LogP contribution in [0.3, 0.4) is 0 Å². The highest BCUT2D eigenvalue weighted by Crippen LogP contribution is 2.32. The SMILES string of the molecule is NC(=O)c1c2c(n(Cc3ccccc3)c1N)CCCC2. The van der Waals surface area contributed by atoms with Crippen molar-refractivity contribution < 1.29 is 4.79 Å². The van der Waals surface area contributed by atoms with E-state index >= 15 is 0 Å². The Hall–Kier alpha value is -2.23. The number of nitrogens with two attached hydrogens (primary N) is 2. The van der Waals surface area contributed by atoms with Crippen LogP contribution in [0.2, 0.25) is 0 Å². The maximum atomic E-state index is 11.7. The van der Waals surface area contributed by atoms with Crippen LogP contribution in [-0.4, -0.2) is 10.5 Å². The second-order valence-corrected chi connectivity index (χ2v) is 5.33. The Morgan fingerprint density at radius 1 is 1.15 bits per heavy atom. The number of amides is 1. The molecule has 0 aliphatic heterocycles. The van der Waals surface area contributed by atoms with Crippen molar-refractivity contribution in [2.45, 2.75) is 32.2 Å². The van der Waals surface area contributed by atoms with Crippen LogP contribution < -0.4 is 11.5 Å². The molecule has 2 aromatic rings. The summed E-state index contributed by atoms with van der Waals surface area (Å²) >= 11 is 0. The predicted octanol–water partition coefficient (Wildman–Crippen LogP) is 2.10. The monoisotopic (exact) mass is 269 g/mol. The molecule has 20 heavy (non-hydrogen) atoms.